The van der Waals surface area contributed by atoms with Crippen molar-refractivity contribution in [1.29, 1.82) is 0 Å². The fraction of sp³-hybridized carbons (Fsp3) is 0.172. The first-order valence-electron chi connectivity index (χ1n) is 12.0. The highest BCUT2D eigenvalue weighted by Gasteiger charge is 2.33. The summed E-state index contributed by atoms with van der Waals surface area (Å²) in [6.45, 7) is 3.70. The van der Waals surface area contributed by atoms with E-state index in [1.54, 1.807) is 56.3 Å². The molecule has 198 valence electrons. The number of rotatable bonds is 6. The van der Waals surface area contributed by atoms with Crippen molar-refractivity contribution >= 4 is 45.3 Å². The molecule has 0 unspecified atom stereocenters. The maximum Gasteiger partial charge on any atom is 0.338 e. The van der Waals surface area contributed by atoms with Gasteiger partial charge in [-0.05, 0) is 55.8 Å². The third-order valence-corrected chi connectivity index (χ3v) is 7.71. The van der Waals surface area contributed by atoms with Gasteiger partial charge in [-0.3, -0.25) is 9.36 Å². The number of furan rings is 1. The maximum absolute atomic E-state index is 13.7. The lowest BCUT2D eigenvalue weighted by Crippen LogP contribution is -2.39. The summed E-state index contributed by atoms with van der Waals surface area (Å²) < 4.78 is 18.9. The van der Waals surface area contributed by atoms with Crippen LogP contribution in [0.1, 0.15) is 41.6 Å². The average Bonchev–Trinajstić information content (AvgIpc) is 3.52. The van der Waals surface area contributed by atoms with E-state index in [4.69, 9.17) is 13.9 Å². The minimum atomic E-state index is -0.684. The molecule has 3 heterocycles. The Labute approximate surface area is 235 Å². The summed E-state index contributed by atoms with van der Waals surface area (Å²) >= 11 is 4.67. The van der Waals surface area contributed by atoms with Gasteiger partial charge < -0.3 is 13.9 Å². The zero-order valence-corrected chi connectivity index (χ0v) is 23.7. The molecular weight excluding hydrogens is 584 g/mol. The Morgan fingerprint density at radius 3 is 2.46 bits per heavy atom. The minimum absolute atomic E-state index is 0.208. The summed E-state index contributed by atoms with van der Waals surface area (Å²) in [7, 11) is 1.33. The number of methoxy groups -OCH3 is 1. The number of nitrogens with zero attached hydrogens (tertiary/aromatic N) is 2. The molecule has 0 amide bonds. The van der Waals surface area contributed by atoms with Crippen molar-refractivity contribution in [2.75, 3.05) is 13.7 Å². The molecule has 4 aromatic rings. The van der Waals surface area contributed by atoms with Crippen molar-refractivity contribution in [2.45, 2.75) is 19.9 Å². The summed E-state index contributed by atoms with van der Waals surface area (Å²) in [4.78, 5) is 43.5. The van der Waals surface area contributed by atoms with Gasteiger partial charge in [-0.1, -0.05) is 51.5 Å². The molecule has 2 aromatic heterocycles. The van der Waals surface area contributed by atoms with Crippen molar-refractivity contribution in [3.63, 3.8) is 0 Å². The molecule has 0 radical (unpaired) electrons. The molecule has 0 fully saturated rings. The third-order valence-electron chi connectivity index (χ3n) is 6.19. The first-order chi connectivity index (χ1) is 18.8. The number of hydrogen-bond acceptors (Lipinski definition) is 8. The highest BCUT2D eigenvalue weighted by atomic mass is 79.9. The fourth-order valence-electron chi connectivity index (χ4n) is 4.36. The number of carbonyl (C=O) groups is 2. The van der Waals surface area contributed by atoms with Crippen LogP contribution in [-0.2, 0) is 14.3 Å². The van der Waals surface area contributed by atoms with Crippen molar-refractivity contribution in [3.8, 4) is 11.3 Å². The van der Waals surface area contributed by atoms with E-state index in [0.717, 1.165) is 15.6 Å². The van der Waals surface area contributed by atoms with Crippen LogP contribution in [0.3, 0.4) is 0 Å². The topological polar surface area (TPSA) is 100 Å². The van der Waals surface area contributed by atoms with E-state index in [0.29, 0.717) is 37.7 Å². The van der Waals surface area contributed by atoms with Crippen molar-refractivity contribution < 1.29 is 23.5 Å². The Morgan fingerprint density at radius 1 is 1.08 bits per heavy atom. The van der Waals surface area contributed by atoms with Crippen LogP contribution >= 0.6 is 27.3 Å². The second kappa shape index (κ2) is 11.0. The van der Waals surface area contributed by atoms with Crippen LogP contribution in [0.4, 0.5) is 0 Å². The van der Waals surface area contributed by atoms with Crippen molar-refractivity contribution in [3.05, 3.63) is 113 Å². The van der Waals surface area contributed by atoms with Crippen LogP contribution in [-0.4, -0.2) is 30.2 Å². The Hall–Kier alpha value is -4.02. The van der Waals surface area contributed by atoms with E-state index in [-0.39, 0.29) is 12.2 Å². The number of benzene rings is 2. The molecule has 0 N–H and O–H groups in total. The summed E-state index contributed by atoms with van der Waals surface area (Å²) in [5, 5.41) is 0. The lowest BCUT2D eigenvalue weighted by Gasteiger charge is -2.24. The van der Waals surface area contributed by atoms with Crippen LogP contribution in [0.5, 0.6) is 0 Å². The van der Waals surface area contributed by atoms with Crippen molar-refractivity contribution in [2.24, 2.45) is 4.99 Å². The van der Waals surface area contributed by atoms with Crippen LogP contribution < -0.4 is 14.9 Å². The van der Waals surface area contributed by atoms with Crippen LogP contribution in [0.2, 0.25) is 0 Å². The van der Waals surface area contributed by atoms with Gasteiger partial charge >= 0.3 is 11.9 Å². The second-order valence-electron chi connectivity index (χ2n) is 8.62. The smallest absolute Gasteiger partial charge is 0.338 e. The standard InChI is InChI=1S/C29H23BrN2O6S/c1-4-37-28(35)24-16(2)31-29-32(25(24)18-9-11-20(30)12-10-18)26(33)23(39-29)15-21-13-14-22(38-21)17-5-7-19(8-6-17)27(34)36-3/h5-15,25H,4H2,1-3H3/t25-/m1/s1. The average molecular weight is 607 g/mol. The van der Waals surface area contributed by atoms with E-state index in [9.17, 15) is 14.4 Å². The van der Waals surface area contributed by atoms with Gasteiger partial charge in [0.2, 0.25) is 0 Å². The highest BCUT2D eigenvalue weighted by Crippen LogP contribution is 2.31. The molecule has 10 heteroatoms. The quantitative estimate of drug-likeness (QED) is 0.297. The van der Waals surface area contributed by atoms with Gasteiger partial charge in [0.25, 0.3) is 5.56 Å². The Bertz CT molecular complexity index is 1780. The monoisotopic (exact) mass is 606 g/mol. The Kier molecular flexibility index (Phi) is 7.49. The number of allylic oxidation sites excluding steroid dienone is 1. The van der Waals surface area contributed by atoms with Crippen LogP contribution in [0.15, 0.2) is 90.6 Å². The third kappa shape index (κ3) is 5.17. The number of hydrogen-bond donors (Lipinski definition) is 0. The van der Waals surface area contributed by atoms with Gasteiger partial charge in [0.05, 0.1) is 41.1 Å². The molecule has 2 aromatic carbocycles. The molecule has 0 saturated carbocycles. The molecule has 1 atom stereocenters. The van der Waals surface area contributed by atoms with E-state index >= 15 is 0 Å². The summed E-state index contributed by atoms with van der Waals surface area (Å²) in [6.07, 6.45) is 1.66. The minimum Gasteiger partial charge on any atom is -0.465 e. The van der Waals surface area contributed by atoms with Crippen molar-refractivity contribution in [1.82, 2.24) is 4.57 Å². The second-order valence-corrected chi connectivity index (χ2v) is 10.5. The van der Waals surface area contributed by atoms with E-state index in [1.165, 1.54) is 23.0 Å². The predicted octanol–water partition coefficient (Wildman–Crippen LogP) is 4.61. The largest absolute Gasteiger partial charge is 0.465 e. The molecule has 39 heavy (non-hydrogen) atoms. The SMILES string of the molecule is CCOC(=O)C1=C(C)N=c2sc(=Cc3ccc(-c4ccc(C(=O)OC)cc4)o3)c(=O)n2[C@@H]1c1ccc(Br)cc1. The number of carbonyl (C=O) groups excluding carboxylic acids is 2. The van der Waals surface area contributed by atoms with Crippen LogP contribution in [0, 0.1) is 0 Å². The lowest BCUT2D eigenvalue weighted by atomic mass is 9.96. The van der Waals surface area contributed by atoms with Gasteiger partial charge in [0.15, 0.2) is 4.80 Å². The summed E-state index contributed by atoms with van der Waals surface area (Å²) in [5.41, 5.74) is 2.51. The van der Waals surface area contributed by atoms with E-state index in [2.05, 4.69) is 20.9 Å². The lowest BCUT2D eigenvalue weighted by molar-refractivity contribution is -0.139. The van der Waals surface area contributed by atoms with E-state index < -0.39 is 18.0 Å². The number of fused-ring (bicyclic) bond motifs is 1. The number of ether oxygens (including phenoxy) is 2. The molecule has 8 nitrogen and oxygen atoms in total. The zero-order valence-electron chi connectivity index (χ0n) is 21.3. The molecule has 0 bridgehead atoms. The van der Waals surface area contributed by atoms with Gasteiger partial charge in [-0.15, -0.1) is 0 Å². The molecular formula is C29H23BrN2O6S. The first-order valence-corrected chi connectivity index (χ1v) is 13.7. The normalized spacial score (nSPS) is 15.1. The maximum atomic E-state index is 13.7. The molecule has 0 spiro atoms. The predicted molar refractivity (Wildman–Crippen MR) is 150 cm³/mol. The molecule has 0 aliphatic carbocycles. The van der Waals surface area contributed by atoms with E-state index in [1.807, 2.05) is 24.3 Å². The number of esters is 2. The van der Waals surface area contributed by atoms with Gasteiger partial charge in [-0.2, -0.15) is 0 Å². The zero-order chi connectivity index (χ0) is 27.7. The van der Waals surface area contributed by atoms with Gasteiger partial charge in [0, 0.05) is 16.1 Å². The first kappa shape index (κ1) is 26.6. The van der Waals surface area contributed by atoms with Crippen LogP contribution in [0.25, 0.3) is 17.4 Å². The highest BCUT2D eigenvalue weighted by molar-refractivity contribution is 9.10. The number of halogens is 1. The molecule has 5 rings (SSSR count). The molecule has 0 saturated heterocycles. The number of thiazole rings is 1. The fourth-order valence-corrected chi connectivity index (χ4v) is 5.65. The Balaban J connectivity index is 1.57. The molecule has 1 aliphatic heterocycles. The van der Waals surface area contributed by atoms with Gasteiger partial charge in [-0.25, -0.2) is 14.6 Å². The van der Waals surface area contributed by atoms with Gasteiger partial charge in [0.1, 0.15) is 11.5 Å². The summed E-state index contributed by atoms with van der Waals surface area (Å²) in [5.74, 6) is 0.141. The summed E-state index contributed by atoms with van der Waals surface area (Å²) in [6, 6.07) is 17.2. The Morgan fingerprint density at radius 2 is 1.79 bits per heavy atom. The number of aromatic nitrogens is 1. The molecule has 1 aliphatic rings.